The van der Waals surface area contributed by atoms with E-state index in [0.29, 0.717) is 0 Å². The summed E-state index contributed by atoms with van der Waals surface area (Å²) in [5.74, 6) is 0. The van der Waals surface area contributed by atoms with Crippen LogP contribution in [0.25, 0.3) is 0 Å². The van der Waals surface area contributed by atoms with E-state index in [-0.39, 0.29) is 6.04 Å². The molecular weight excluding hydrogens is 254 g/mol. The number of aryl methyl sites for hydroxylation is 2. The van der Waals surface area contributed by atoms with Gasteiger partial charge in [0.1, 0.15) is 0 Å². The van der Waals surface area contributed by atoms with Gasteiger partial charge in [-0.3, -0.25) is 0 Å². The van der Waals surface area contributed by atoms with Crippen molar-refractivity contribution in [2.45, 2.75) is 32.2 Å². The van der Waals surface area contributed by atoms with Crippen LogP contribution in [0.15, 0.2) is 48.5 Å². The molecule has 0 bridgehead atoms. The molecule has 2 rings (SSSR count). The lowest BCUT2D eigenvalue weighted by Crippen LogP contribution is -2.23. The molecule has 0 aromatic heterocycles. The zero-order chi connectivity index (χ0) is 13.7. The van der Waals surface area contributed by atoms with Gasteiger partial charge in [0.05, 0.1) is 0 Å². The number of nitrogens with two attached hydrogens (primary N) is 1. The maximum Gasteiger partial charge on any atom is 0.0406 e. The summed E-state index contributed by atoms with van der Waals surface area (Å²) in [6.07, 6.45) is 2.96. The van der Waals surface area contributed by atoms with Crippen molar-refractivity contribution in [3.05, 3.63) is 70.2 Å². The van der Waals surface area contributed by atoms with E-state index in [1.54, 1.807) is 0 Å². The van der Waals surface area contributed by atoms with Crippen LogP contribution < -0.4 is 5.73 Å². The Bertz CT molecular complexity index is 519. The van der Waals surface area contributed by atoms with E-state index < -0.39 is 0 Å². The average molecular weight is 274 g/mol. The summed E-state index contributed by atoms with van der Waals surface area (Å²) in [6, 6.07) is 16.6. The van der Waals surface area contributed by atoms with Crippen molar-refractivity contribution in [2.75, 3.05) is 0 Å². The summed E-state index contributed by atoms with van der Waals surface area (Å²) in [7, 11) is 0. The largest absolute Gasteiger partial charge is 0.327 e. The van der Waals surface area contributed by atoms with Gasteiger partial charge in [0.25, 0.3) is 0 Å². The van der Waals surface area contributed by atoms with E-state index in [1.807, 2.05) is 12.1 Å². The first kappa shape index (κ1) is 14.1. The van der Waals surface area contributed by atoms with E-state index in [2.05, 4.69) is 43.3 Å². The monoisotopic (exact) mass is 273 g/mol. The second-order valence-electron chi connectivity index (χ2n) is 5.06. The molecule has 0 amide bonds. The lowest BCUT2D eigenvalue weighted by atomic mass is 9.98. The summed E-state index contributed by atoms with van der Waals surface area (Å²) >= 11 is 5.88. The smallest absolute Gasteiger partial charge is 0.0406 e. The van der Waals surface area contributed by atoms with Crippen LogP contribution in [0.3, 0.4) is 0 Å². The molecular formula is C17H20ClN. The minimum atomic E-state index is 0.195. The van der Waals surface area contributed by atoms with Gasteiger partial charge in [0, 0.05) is 11.1 Å². The molecule has 100 valence electrons. The molecule has 2 N–H and O–H groups in total. The summed E-state index contributed by atoms with van der Waals surface area (Å²) in [4.78, 5) is 0. The summed E-state index contributed by atoms with van der Waals surface area (Å²) < 4.78 is 0. The lowest BCUT2D eigenvalue weighted by molar-refractivity contribution is 0.609. The van der Waals surface area contributed by atoms with Gasteiger partial charge in [0.2, 0.25) is 0 Å². The number of halogens is 1. The van der Waals surface area contributed by atoms with Gasteiger partial charge >= 0.3 is 0 Å². The Hall–Kier alpha value is -1.31. The molecule has 0 spiro atoms. The molecule has 2 heteroatoms. The zero-order valence-electron chi connectivity index (χ0n) is 11.3. The molecule has 0 aliphatic heterocycles. The van der Waals surface area contributed by atoms with Crippen molar-refractivity contribution in [1.29, 1.82) is 0 Å². The molecule has 2 aromatic rings. The third-order valence-electron chi connectivity index (χ3n) is 3.46. The van der Waals surface area contributed by atoms with Crippen molar-refractivity contribution in [2.24, 2.45) is 5.73 Å². The number of hydrogen-bond acceptors (Lipinski definition) is 1. The van der Waals surface area contributed by atoms with Gasteiger partial charge in [-0.1, -0.05) is 48.0 Å². The summed E-state index contributed by atoms with van der Waals surface area (Å²) in [5.41, 5.74) is 10.2. The lowest BCUT2D eigenvalue weighted by Gasteiger charge is -2.13. The molecule has 0 aliphatic carbocycles. The Morgan fingerprint density at radius 1 is 1.05 bits per heavy atom. The summed E-state index contributed by atoms with van der Waals surface area (Å²) in [6.45, 7) is 2.15. The van der Waals surface area contributed by atoms with Gasteiger partial charge < -0.3 is 5.73 Å². The molecule has 2 aromatic carbocycles. The van der Waals surface area contributed by atoms with E-state index in [9.17, 15) is 0 Å². The van der Waals surface area contributed by atoms with Gasteiger partial charge in [-0.05, 0) is 55.0 Å². The SMILES string of the molecule is Cc1ccccc1CCC(N)Cc1ccc(Cl)cc1. The number of rotatable bonds is 5. The third-order valence-corrected chi connectivity index (χ3v) is 3.71. The average Bonchev–Trinajstić information content (AvgIpc) is 2.40. The zero-order valence-corrected chi connectivity index (χ0v) is 12.0. The molecule has 0 heterocycles. The number of benzene rings is 2. The minimum Gasteiger partial charge on any atom is -0.327 e. The first-order chi connectivity index (χ1) is 9.15. The molecule has 0 fully saturated rings. The topological polar surface area (TPSA) is 26.0 Å². The third kappa shape index (κ3) is 4.38. The highest BCUT2D eigenvalue weighted by atomic mass is 35.5. The highest BCUT2D eigenvalue weighted by Gasteiger charge is 2.06. The van der Waals surface area contributed by atoms with Crippen molar-refractivity contribution in [3.8, 4) is 0 Å². The standard InChI is InChI=1S/C17H20ClN/c1-13-4-2-3-5-15(13)8-11-17(19)12-14-6-9-16(18)10-7-14/h2-7,9-10,17H,8,11-12,19H2,1H3. The van der Waals surface area contributed by atoms with Gasteiger partial charge in [-0.2, -0.15) is 0 Å². The quantitative estimate of drug-likeness (QED) is 0.870. The van der Waals surface area contributed by atoms with Crippen LogP contribution >= 0.6 is 11.6 Å². The molecule has 0 saturated heterocycles. The number of hydrogen-bond donors (Lipinski definition) is 1. The van der Waals surface area contributed by atoms with Crippen LogP contribution in [0, 0.1) is 6.92 Å². The van der Waals surface area contributed by atoms with E-state index in [4.69, 9.17) is 17.3 Å². The van der Waals surface area contributed by atoms with E-state index >= 15 is 0 Å². The Labute approximate surface area is 120 Å². The fourth-order valence-electron chi connectivity index (χ4n) is 2.26. The van der Waals surface area contributed by atoms with Crippen LogP contribution in [0.4, 0.5) is 0 Å². The fraction of sp³-hybridized carbons (Fsp3) is 0.294. The molecule has 1 nitrogen and oxygen atoms in total. The molecule has 0 aliphatic rings. The van der Waals surface area contributed by atoms with Crippen LogP contribution in [0.2, 0.25) is 5.02 Å². The first-order valence-corrected chi connectivity index (χ1v) is 7.07. The normalized spacial score (nSPS) is 12.4. The van der Waals surface area contributed by atoms with E-state index in [0.717, 1.165) is 24.3 Å². The Morgan fingerprint density at radius 2 is 1.74 bits per heavy atom. The Balaban J connectivity index is 1.86. The second-order valence-corrected chi connectivity index (χ2v) is 5.49. The fourth-order valence-corrected chi connectivity index (χ4v) is 2.38. The maximum absolute atomic E-state index is 6.21. The second kappa shape index (κ2) is 6.74. The van der Waals surface area contributed by atoms with Crippen molar-refractivity contribution in [1.82, 2.24) is 0 Å². The van der Waals surface area contributed by atoms with Gasteiger partial charge in [0.15, 0.2) is 0 Å². The first-order valence-electron chi connectivity index (χ1n) is 6.69. The van der Waals surface area contributed by atoms with Crippen LogP contribution in [-0.2, 0) is 12.8 Å². The molecule has 0 radical (unpaired) electrons. The summed E-state index contributed by atoms with van der Waals surface area (Å²) in [5, 5.41) is 0.775. The van der Waals surface area contributed by atoms with Gasteiger partial charge in [-0.25, -0.2) is 0 Å². The molecule has 1 atom stereocenters. The van der Waals surface area contributed by atoms with E-state index in [1.165, 1.54) is 16.7 Å². The maximum atomic E-state index is 6.21. The molecule has 1 unspecified atom stereocenters. The van der Waals surface area contributed by atoms with Crippen molar-refractivity contribution >= 4 is 11.6 Å². The predicted octanol–water partition coefficient (Wildman–Crippen LogP) is 4.15. The molecule has 0 saturated carbocycles. The van der Waals surface area contributed by atoms with Crippen molar-refractivity contribution < 1.29 is 0 Å². The molecule has 19 heavy (non-hydrogen) atoms. The predicted molar refractivity (Wildman–Crippen MR) is 82.6 cm³/mol. The Morgan fingerprint density at radius 3 is 2.42 bits per heavy atom. The van der Waals surface area contributed by atoms with Crippen molar-refractivity contribution in [3.63, 3.8) is 0 Å². The van der Waals surface area contributed by atoms with Crippen LogP contribution in [0.5, 0.6) is 0 Å². The highest BCUT2D eigenvalue weighted by Crippen LogP contribution is 2.14. The minimum absolute atomic E-state index is 0.195. The van der Waals surface area contributed by atoms with Crippen LogP contribution in [-0.4, -0.2) is 6.04 Å². The van der Waals surface area contributed by atoms with Crippen LogP contribution in [0.1, 0.15) is 23.1 Å². The van der Waals surface area contributed by atoms with Gasteiger partial charge in [-0.15, -0.1) is 0 Å². The highest BCUT2D eigenvalue weighted by molar-refractivity contribution is 6.30. The Kier molecular flexibility index (Phi) is 5.00.